The third-order valence-corrected chi connectivity index (χ3v) is 5.11. The Morgan fingerprint density at radius 3 is 2.76 bits per heavy atom. The third-order valence-electron chi connectivity index (χ3n) is 5.11. The average molecular weight is 288 g/mol. The van der Waals surface area contributed by atoms with Gasteiger partial charge in [-0.25, -0.2) is 0 Å². The van der Waals surface area contributed by atoms with E-state index in [4.69, 9.17) is 9.47 Å². The molecule has 4 heterocycles. The molecule has 21 heavy (non-hydrogen) atoms. The van der Waals surface area contributed by atoms with E-state index in [2.05, 4.69) is 17.1 Å². The molecule has 3 fully saturated rings. The van der Waals surface area contributed by atoms with E-state index < -0.39 is 0 Å². The summed E-state index contributed by atoms with van der Waals surface area (Å²) in [6.45, 7) is 4.79. The maximum Gasteiger partial charge on any atom is 0.251 e. The molecule has 2 atom stereocenters. The minimum absolute atomic E-state index is 0.0149. The zero-order chi connectivity index (χ0) is 14.4. The Bertz CT molecular complexity index is 565. The van der Waals surface area contributed by atoms with Gasteiger partial charge in [0.2, 0.25) is 6.79 Å². The van der Waals surface area contributed by atoms with E-state index in [1.165, 1.54) is 25.9 Å². The van der Waals surface area contributed by atoms with Gasteiger partial charge < -0.3 is 14.8 Å². The van der Waals surface area contributed by atoms with Crippen molar-refractivity contribution in [2.24, 2.45) is 5.92 Å². The van der Waals surface area contributed by atoms with Gasteiger partial charge in [0, 0.05) is 17.6 Å². The summed E-state index contributed by atoms with van der Waals surface area (Å²) in [5, 5.41) is 3.23. The van der Waals surface area contributed by atoms with E-state index in [-0.39, 0.29) is 18.7 Å². The summed E-state index contributed by atoms with van der Waals surface area (Å²) in [7, 11) is 0. The molecule has 5 nitrogen and oxygen atoms in total. The quantitative estimate of drug-likeness (QED) is 0.898. The highest BCUT2D eigenvalue weighted by Crippen LogP contribution is 2.34. The molecule has 0 saturated carbocycles. The van der Waals surface area contributed by atoms with E-state index in [1.54, 1.807) is 18.2 Å². The first-order valence-corrected chi connectivity index (χ1v) is 7.67. The van der Waals surface area contributed by atoms with Crippen LogP contribution in [0.1, 0.15) is 30.1 Å². The van der Waals surface area contributed by atoms with Crippen LogP contribution in [0, 0.1) is 5.92 Å². The lowest BCUT2D eigenvalue weighted by molar-refractivity contribution is 0.0217. The van der Waals surface area contributed by atoms with Crippen molar-refractivity contribution in [3.05, 3.63) is 23.8 Å². The molecule has 112 valence electrons. The molecule has 0 radical (unpaired) electrons. The van der Waals surface area contributed by atoms with Crippen molar-refractivity contribution in [2.75, 3.05) is 19.9 Å². The summed E-state index contributed by atoms with van der Waals surface area (Å²) in [5.41, 5.74) is 0.642. The molecule has 5 heteroatoms. The van der Waals surface area contributed by atoms with Gasteiger partial charge in [0.25, 0.3) is 5.91 Å². The Morgan fingerprint density at radius 2 is 2.00 bits per heavy atom. The average Bonchev–Trinajstić information content (AvgIpc) is 2.98. The van der Waals surface area contributed by atoms with E-state index in [1.807, 2.05) is 0 Å². The molecule has 1 amide bonds. The number of fused-ring (bicyclic) bond motifs is 4. The predicted octanol–water partition coefficient (Wildman–Crippen LogP) is 1.63. The topological polar surface area (TPSA) is 50.8 Å². The van der Waals surface area contributed by atoms with Crippen molar-refractivity contribution in [1.29, 1.82) is 0 Å². The SMILES string of the molecule is CC1C(NC(=O)c2ccc3c(c2)OCO3)C2CCN1CC2. The van der Waals surface area contributed by atoms with Crippen LogP contribution in [0.5, 0.6) is 11.5 Å². The molecule has 0 aliphatic carbocycles. The van der Waals surface area contributed by atoms with Crippen LogP contribution >= 0.6 is 0 Å². The van der Waals surface area contributed by atoms with Crippen molar-refractivity contribution in [3.63, 3.8) is 0 Å². The van der Waals surface area contributed by atoms with Crippen molar-refractivity contribution < 1.29 is 14.3 Å². The number of nitrogens with zero attached hydrogens (tertiary/aromatic N) is 1. The molecule has 0 spiro atoms. The van der Waals surface area contributed by atoms with Crippen molar-refractivity contribution >= 4 is 5.91 Å². The molecule has 2 bridgehead atoms. The second kappa shape index (κ2) is 4.91. The number of hydrogen-bond donors (Lipinski definition) is 1. The Kier molecular flexibility index (Phi) is 3.03. The molecule has 3 saturated heterocycles. The molecule has 1 aromatic rings. The van der Waals surface area contributed by atoms with Crippen LogP contribution in [0.15, 0.2) is 18.2 Å². The number of hydrogen-bond acceptors (Lipinski definition) is 4. The van der Waals surface area contributed by atoms with Gasteiger partial charge in [-0.05, 0) is 57.0 Å². The number of carbonyl (C=O) groups excluding carboxylic acids is 1. The number of amides is 1. The Balaban J connectivity index is 1.50. The zero-order valence-corrected chi connectivity index (χ0v) is 12.2. The van der Waals surface area contributed by atoms with Gasteiger partial charge in [-0.2, -0.15) is 0 Å². The summed E-state index contributed by atoms with van der Waals surface area (Å²) in [6.07, 6.45) is 2.38. The van der Waals surface area contributed by atoms with Gasteiger partial charge in [-0.3, -0.25) is 9.69 Å². The van der Waals surface area contributed by atoms with E-state index in [0.29, 0.717) is 29.0 Å². The monoisotopic (exact) mass is 288 g/mol. The van der Waals surface area contributed by atoms with Gasteiger partial charge in [0.05, 0.1) is 0 Å². The minimum atomic E-state index is -0.0149. The number of nitrogens with one attached hydrogen (secondary N) is 1. The van der Waals surface area contributed by atoms with Crippen LogP contribution in [0.25, 0.3) is 0 Å². The van der Waals surface area contributed by atoms with Gasteiger partial charge in [0.15, 0.2) is 11.5 Å². The maximum atomic E-state index is 12.5. The first kappa shape index (κ1) is 13.0. The second-order valence-electron chi connectivity index (χ2n) is 6.18. The summed E-state index contributed by atoms with van der Waals surface area (Å²) in [6, 6.07) is 6.05. The molecular weight excluding hydrogens is 268 g/mol. The van der Waals surface area contributed by atoms with Crippen LogP contribution in [-0.2, 0) is 0 Å². The highest BCUT2D eigenvalue weighted by Gasteiger charge is 2.40. The smallest absolute Gasteiger partial charge is 0.251 e. The van der Waals surface area contributed by atoms with Crippen molar-refractivity contribution in [2.45, 2.75) is 31.8 Å². The summed E-state index contributed by atoms with van der Waals surface area (Å²) >= 11 is 0. The van der Waals surface area contributed by atoms with Crippen LogP contribution in [0.4, 0.5) is 0 Å². The van der Waals surface area contributed by atoms with Crippen LogP contribution in [-0.4, -0.2) is 42.8 Å². The fourth-order valence-corrected chi connectivity index (χ4v) is 3.82. The summed E-state index contributed by atoms with van der Waals surface area (Å²) in [5.74, 6) is 1.97. The van der Waals surface area contributed by atoms with Gasteiger partial charge >= 0.3 is 0 Å². The van der Waals surface area contributed by atoms with Crippen LogP contribution < -0.4 is 14.8 Å². The number of benzene rings is 1. The first-order chi connectivity index (χ1) is 10.2. The van der Waals surface area contributed by atoms with E-state index in [9.17, 15) is 4.79 Å². The predicted molar refractivity (Wildman–Crippen MR) is 77.6 cm³/mol. The number of carbonyl (C=O) groups is 1. The summed E-state index contributed by atoms with van der Waals surface area (Å²) in [4.78, 5) is 15.0. The molecule has 5 rings (SSSR count). The molecule has 0 aromatic heterocycles. The highest BCUT2D eigenvalue weighted by molar-refractivity contribution is 5.95. The van der Waals surface area contributed by atoms with Crippen molar-refractivity contribution in [1.82, 2.24) is 10.2 Å². The third kappa shape index (κ3) is 2.16. The van der Waals surface area contributed by atoms with Gasteiger partial charge in [-0.15, -0.1) is 0 Å². The lowest BCUT2D eigenvalue weighted by Crippen LogP contribution is -2.62. The molecule has 4 aliphatic heterocycles. The Morgan fingerprint density at radius 1 is 1.24 bits per heavy atom. The zero-order valence-electron chi connectivity index (χ0n) is 12.2. The number of rotatable bonds is 2. The van der Waals surface area contributed by atoms with Crippen molar-refractivity contribution in [3.8, 4) is 11.5 Å². The standard InChI is InChI=1S/C16H20N2O3/c1-10-15(11-4-6-18(10)7-5-11)17-16(19)12-2-3-13-14(8-12)21-9-20-13/h2-3,8,10-11,15H,4-7,9H2,1H3,(H,17,19). The Hall–Kier alpha value is -1.75. The largest absolute Gasteiger partial charge is 0.454 e. The molecule has 1 N–H and O–H groups in total. The Labute approximate surface area is 124 Å². The first-order valence-electron chi connectivity index (χ1n) is 7.67. The lowest BCUT2D eigenvalue weighted by Gasteiger charge is -2.49. The minimum Gasteiger partial charge on any atom is -0.454 e. The van der Waals surface area contributed by atoms with E-state index in [0.717, 1.165) is 0 Å². The number of ether oxygens (including phenoxy) is 2. The van der Waals surface area contributed by atoms with E-state index >= 15 is 0 Å². The molecule has 4 aliphatic rings. The fraction of sp³-hybridized carbons (Fsp3) is 0.562. The molecular formula is C16H20N2O3. The molecule has 1 aromatic carbocycles. The fourth-order valence-electron chi connectivity index (χ4n) is 3.82. The maximum absolute atomic E-state index is 12.5. The number of piperidine rings is 3. The van der Waals surface area contributed by atoms with Crippen LogP contribution in [0.3, 0.4) is 0 Å². The second-order valence-corrected chi connectivity index (χ2v) is 6.18. The van der Waals surface area contributed by atoms with Gasteiger partial charge in [0.1, 0.15) is 0 Å². The van der Waals surface area contributed by atoms with Crippen LogP contribution in [0.2, 0.25) is 0 Å². The lowest BCUT2D eigenvalue weighted by atomic mass is 9.79. The summed E-state index contributed by atoms with van der Waals surface area (Å²) < 4.78 is 10.6. The normalized spacial score (nSPS) is 33.0. The van der Waals surface area contributed by atoms with Gasteiger partial charge in [-0.1, -0.05) is 0 Å². The molecule has 2 unspecified atom stereocenters. The highest BCUT2D eigenvalue weighted by atomic mass is 16.7.